The van der Waals surface area contributed by atoms with E-state index in [-0.39, 0.29) is 11.2 Å². The second kappa shape index (κ2) is 11.5. The molecular formula is C31H39FN4O. The molecule has 1 aromatic heterocycles. The van der Waals surface area contributed by atoms with Crippen molar-refractivity contribution in [2.45, 2.75) is 60.0 Å². The number of piperazine rings is 1. The van der Waals surface area contributed by atoms with Crippen LogP contribution in [0.5, 0.6) is 0 Å². The highest BCUT2D eigenvalue weighted by molar-refractivity contribution is 5.62. The van der Waals surface area contributed by atoms with E-state index >= 15 is 0 Å². The molecule has 37 heavy (non-hydrogen) atoms. The van der Waals surface area contributed by atoms with E-state index in [1.807, 2.05) is 19.9 Å². The van der Waals surface area contributed by atoms with Crippen LogP contribution < -0.4 is 4.90 Å². The van der Waals surface area contributed by atoms with Crippen LogP contribution in [0.3, 0.4) is 0 Å². The average molecular weight is 503 g/mol. The first-order chi connectivity index (χ1) is 17.6. The van der Waals surface area contributed by atoms with Gasteiger partial charge in [-0.3, -0.25) is 4.90 Å². The molecule has 0 spiro atoms. The van der Waals surface area contributed by atoms with Crippen molar-refractivity contribution in [1.29, 1.82) is 0 Å². The van der Waals surface area contributed by atoms with Gasteiger partial charge in [-0.2, -0.15) is 0 Å². The Morgan fingerprint density at radius 2 is 1.78 bits per heavy atom. The minimum absolute atomic E-state index is 0.261. The molecule has 196 valence electrons. The first-order valence-electron chi connectivity index (χ1n) is 13.2. The Balaban J connectivity index is 1.48. The maximum atomic E-state index is 13.7. The number of benzene rings is 2. The van der Waals surface area contributed by atoms with Crippen LogP contribution in [0.4, 0.5) is 10.3 Å². The number of aldehydes is 1. The standard InChI is InChI=1S/C31H39FN4O/c1-22(2)11-29-20-35(19-25-13-23(3)12-24(14-25)16-31(4,5)21-37)9-10-36(29)30-33-17-27(18-34-30)26-7-6-8-28(32)15-26/h6-8,12-15,17-18,21-22,29H,9-11,16,19-20H2,1-5H3/t29-/m1/s1. The van der Waals surface area contributed by atoms with Gasteiger partial charge in [0.1, 0.15) is 12.1 Å². The summed E-state index contributed by atoms with van der Waals surface area (Å²) < 4.78 is 13.7. The number of hydrogen-bond donors (Lipinski definition) is 0. The van der Waals surface area contributed by atoms with Crippen LogP contribution >= 0.6 is 0 Å². The Hall–Kier alpha value is -3.12. The number of rotatable bonds is 9. The molecule has 0 aliphatic carbocycles. The quantitative estimate of drug-likeness (QED) is 0.331. The van der Waals surface area contributed by atoms with Crippen molar-refractivity contribution in [2.75, 3.05) is 24.5 Å². The predicted molar refractivity (Wildman–Crippen MR) is 148 cm³/mol. The fourth-order valence-corrected chi connectivity index (χ4v) is 5.33. The van der Waals surface area contributed by atoms with Gasteiger partial charge in [-0.25, -0.2) is 14.4 Å². The number of aromatic nitrogens is 2. The van der Waals surface area contributed by atoms with Gasteiger partial charge < -0.3 is 9.69 Å². The van der Waals surface area contributed by atoms with Gasteiger partial charge in [0, 0.05) is 55.6 Å². The summed E-state index contributed by atoms with van der Waals surface area (Å²) in [5.41, 5.74) is 4.99. The SMILES string of the molecule is Cc1cc(CN2CCN(c3ncc(-c4cccc(F)c4)cn3)[C@H](CC(C)C)C2)cc(CC(C)(C)C=O)c1. The predicted octanol–water partition coefficient (Wildman–Crippen LogP) is 6.10. The molecule has 5 nitrogen and oxygen atoms in total. The molecule has 0 unspecified atom stereocenters. The highest BCUT2D eigenvalue weighted by Gasteiger charge is 2.29. The molecule has 1 aliphatic heterocycles. The second-order valence-corrected chi connectivity index (χ2v) is 11.6. The molecule has 1 saturated heterocycles. The van der Waals surface area contributed by atoms with Crippen molar-refractivity contribution in [3.05, 3.63) is 77.4 Å². The van der Waals surface area contributed by atoms with Crippen LogP contribution in [-0.4, -0.2) is 46.8 Å². The fraction of sp³-hybridized carbons (Fsp3) is 0.452. The number of aryl methyl sites for hydroxylation is 1. The van der Waals surface area contributed by atoms with Crippen LogP contribution in [0.1, 0.15) is 50.8 Å². The highest BCUT2D eigenvalue weighted by Crippen LogP contribution is 2.26. The largest absolute Gasteiger partial charge is 0.335 e. The summed E-state index contributed by atoms with van der Waals surface area (Å²) in [7, 11) is 0. The van der Waals surface area contributed by atoms with Gasteiger partial charge in [0.2, 0.25) is 5.95 Å². The van der Waals surface area contributed by atoms with E-state index in [0.717, 1.165) is 62.4 Å². The summed E-state index contributed by atoms with van der Waals surface area (Å²) in [6.07, 6.45) is 6.45. The summed E-state index contributed by atoms with van der Waals surface area (Å²) in [5.74, 6) is 1.03. The molecule has 1 aliphatic rings. The van der Waals surface area contributed by atoms with E-state index in [1.54, 1.807) is 18.5 Å². The zero-order valence-electron chi connectivity index (χ0n) is 22.7. The van der Waals surface area contributed by atoms with Gasteiger partial charge in [0.15, 0.2) is 0 Å². The summed E-state index contributed by atoms with van der Waals surface area (Å²) in [4.78, 5) is 25.7. The van der Waals surface area contributed by atoms with Crippen LogP contribution in [0, 0.1) is 24.1 Å². The molecular weight excluding hydrogens is 463 g/mol. The van der Waals surface area contributed by atoms with Crippen LogP contribution in [0.15, 0.2) is 54.9 Å². The number of anilines is 1. The smallest absolute Gasteiger partial charge is 0.225 e. The molecule has 3 aromatic rings. The summed E-state index contributed by atoms with van der Waals surface area (Å²) >= 11 is 0. The molecule has 0 N–H and O–H groups in total. The molecule has 1 fully saturated rings. The summed E-state index contributed by atoms with van der Waals surface area (Å²) in [6, 6.07) is 13.6. The van der Waals surface area contributed by atoms with Gasteiger partial charge in [-0.15, -0.1) is 0 Å². The van der Waals surface area contributed by atoms with E-state index in [4.69, 9.17) is 0 Å². The third-order valence-corrected chi connectivity index (χ3v) is 6.95. The van der Waals surface area contributed by atoms with Gasteiger partial charge in [0.05, 0.1) is 0 Å². The number of hydrogen-bond acceptors (Lipinski definition) is 5. The molecule has 2 heterocycles. The monoisotopic (exact) mass is 502 g/mol. The number of carbonyl (C=O) groups excluding carboxylic acids is 1. The third kappa shape index (κ3) is 7.22. The molecule has 6 heteroatoms. The highest BCUT2D eigenvalue weighted by atomic mass is 19.1. The lowest BCUT2D eigenvalue weighted by Gasteiger charge is -2.42. The first-order valence-corrected chi connectivity index (χ1v) is 13.2. The molecule has 1 atom stereocenters. The van der Waals surface area contributed by atoms with Crippen molar-refractivity contribution >= 4 is 12.2 Å². The molecule has 0 bridgehead atoms. The van der Waals surface area contributed by atoms with Crippen LogP contribution in [0.2, 0.25) is 0 Å². The number of carbonyl (C=O) groups is 1. The van der Waals surface area contributed by atoms with E-state index in [1.165, 1.54) is 28.8 Å². The summed E-state index contributed by atoms with van der Waals surface area (Å²) in [5, 5.41) is 0. The fourth-order valence-electron chi connectivity index (χ4n) is 5.33. The topological polar surface area (TPSA) is 49.3 Å². The van der Waals surface area contributed by atoms with Crippen molar-refractivity contribution < 1.29 is 9.18 Å². The van der Waals surface area contributed by atoms with Crippen molar-refractivity contribution in [2.24, 2.45) is 11.3 Å². The molecule has 2 aromatic carbocycles. The van der Waals surface area contributed by atoms with Crippen molar-refractivity contribution in [3.8, 4) is 11.1 Å². The molecule has 0 saturated carbocycles. The second-order valence-electron chi connectivity index (χ2n) is 11.6. The van der Waals surface area contributed by atoms with Gasteiger partial charge in [0.25, 0.3) is 0 Å². The number of nitrogens with zero attached hydrogens (tertiary/aromatic N) is 4. The van der Waals surface area contributed by atoms with E-state index in [0.29, 0.717) is 12.0 Å². The Morgan fingerprint density at radius 1 is 1.05 bits per heavy atom. The Bertz CT molecular complexity index is 1210. The first kappa shape index (κ1) is 26.9. The Kier molecular flexibility index (Phi) is 8.38. The van der Waals surface area contributed by atoms with Gasteiger partial charge in [-0.1, -0.05) is 63.6 Å². The van der Waals surface area contributed by atoms with Crippen LogP contribution in [-0.2, 0) is 17.8 Å². The van der Waals surface area contributed by atoms with E-state index < -0.39 is 0 Å². The zero-order chi connectivity index (χ0) is 26.6. The lowest BCUT2D eigenvalue weighted by molar-refractivity contribution is -0.114. The average Bonchev–Trinajstić information content (AvgIpc) is 2.83. The lowest BCUT2D eigenvalue weighted by atomic mass is 9.86. The molecule has 0 radical (unpaired) electrons. The summed E-state index contributed by atoms with van der Waals surface area (Å²) in [6.45, 7) is 14.2. The van der Waals surface area contributed by atoms with Gasteiger partial charge in [-0.05, 0) is 54.5 Å². The van der Waals surface area contributed by atoms with Crippen molar-refractivity contribution in [3.63, 3.8) is 0 Å². The minimum atomic E-state index is -0.358. The van der Waals surface area contributed by atoms with Crippen LogP contribution in [0.25, 0.3) is 11.1 Å². The zero-order valence-corrected chi connectivity index (χ0v) is 22.7. The van der Waals surface area contributed by atoms with Gasteiger partial charge >= 0.3 is 0 Å². The Labute approximate surface area is 220 Å². The van der Waals surface area contributed by atoms with Crippen molar-refractivity contribution in [1.82, 2.24) is 14.9 Å². The molecule has 4 rings (SSSR count). The molecule has 0 amide bonds. The lowest BCUT2D eigenvalue weighted by Crippen LogP contribution is -2.54. The maximum Gasteiger partial charge on any atom is 0.225 e. The Morgan fingerprint density at radius 3 is 2.46 bits per heavy atom. The number of halogens is 1. The third-order valence-electron chi connectivity index (χ3n) is 6.95. The maximum absolute atomic E-state index is 13.7. The van der Waals surface area contributed by atoms with E-state index in [9.17, 15) is 9.18 Å². The normalized spacial score (nSPS) is 16.8. The minimum Gasteiger partial charge on any atom is -0.335 e. The van der Waals surface area contributed by atoms with E-state index in [2.05, 4.69) is 58.7 Å².